The molecule has 0 saturated carbocycles. The number of carbonyl (C=O) groups is 1. The van der Waals surface area contributed by atoms with E-state index in [4.69, 9.17) is 13.6 Å². The smallest absolute Gasteiger partial charge is 0.428 e. The molecule has 1 rings (SSSR count). The standard InChI is InChI=1S/C11H23NO4Si/c1-4-14-11(13)10-12-8-7-9-17(12,15-5-2)16-6-3/h4-10H2,1-3H3. The van der Waals surface area contributed by atoms with Crippen LogP contribution in [0, 0.1) is 0 Å². The molecule has 0 atom stereocenters. The Kier molecular flexibility index (Phi) is 6.11. The minimum absolute atomic E-state index is 0.189. The first-order chi connectivity index (χ1) is 8.18. The number of esters is 1. The van der Waals surface area contributed by atoms with Gasteiger partial charge in [-0.3, -0.25) is 9.36 Å². The fourth-order valence-electron chi connectivity index (χ4n) is 2.20. The van der Waals surface area contributed by atoms with Gasteiger partial charge < -0.3 is 13.6 Å². The van der Waals surface area contributed by atoms with Crippen molar-refractivity contribution in [1.29, 1.82) is 0 Å². The van der Waals surface area contributed by atoms with E-state index in [0.29, 0.717) is 26.4 Å². The predicted molar refractivity (Wildman–Crippen MR) is 66.6 cm³/mol. The van der Waals surface area contributed by atoms with Gasteiger partial charge in [-0.25, -0.2) is 0 Å². The molecule has 0 amide bonds. The lowest BCUT2D eigenvalue weighted by molar-refractivity contribution is -0.143. The lowest BCUT2D eigenvalue weighted by Gasteiger charge is -2.33. The van der Waals surface area contributed by atoms with Crippen LogP contribution in [0.3, 0.4) is 0 Å². The highest BCUT2D eigenvalue weighted by Gasteiger charge is 2.49. The van der Waals surface area contributed by atoms with Crippen LogP contribution in [0.1, 0.15) is 27.2 Å². The van der Waals surface area contributed by atoms with Gasteiger partial charge in [0, 0.05) is 19.3 Å². The van der Waals surface area contributed by atoms with Crippen LogP contribution in [0.15, 0.2) is 0 Å². The SMILES string of the molecule is CCOC(=O)CN1CCC[Si]1(OCC)OCC. The molecule has 0 aromatic rings. The Morgan fingerprint density at radius 2 is 1.82 bits per heavy atom. The summed E-state index contributed by atoms with van der Waals surface area (Å²) in [4.78, 5) is 11.5. The van der Waals surface area contributed by atoms with Gasteiger partial charge in [0.05, 0.1) is 13.2 Å². The largest absolute Gasteiger partial charge is 0.465 e. The highest BCUT2D eigenvalue weighted by atomic mass is 28.4. The molecule has 5 nitrogen and oxygen atoms in total. The molecule has 1 fully saturated rings. The first kappa shape index (κ1) is 14.6. The number of nitrogens with zero attached hydrogens (tertiary/aromatic N) is 1. The van der Waals surface area contributed by atoms with Crippen LogP contribution in [0.5, 0.6) is 0 Å². The second-order valence-electron chi connectivity index (χ2n) is 3.91. The zero-order chi connectivity index (χ0) is 12.7. The number of rotatable bonds is 7. The third-order valence-corrected chi connectivity index (χ3v) is 6.58. The number of carbonyl (C=O) groups excluding carboxylic acids is 1. The second kappa shape index (κ2) is 7.10. The third-order valence-electron chi connectivity index (χ3n) is 2.77. The van der Waals surface area contributed by atoms with Crippen LogP contribution < -0.4 is 0 Å². The molecule has 0 N–H and O–H groups in total. The topological polar surface area (TPSA) is 48.0 Å². The molecule has 17 heavy (non-hydrogen) atoms. The molecule has 0 aromatic carbocycles. The summed E-state index contributed by atoms with van der Waals surface area (Å²) in [6, 6.07) is 0.939. The monoisotopic (exact) mass is 261 g/mol. The van der Waals surface area contributed by atoms with E-state index in [2.05, 4.69) is 4.57 Å². The van der Waals surface area contributed by atoms with Gasteiger partial charge in [-0.05, 0) is 33.7 Å². The van der Waals surface area contributed by atoms with Gasteiger partial charge in [0.2, 0.25) is 0 Å². The number of hydrogen-bond acceptors (Lipinski definition) is 5. The molecular formula is C11H23NO4Si. The molecule has 0 bridgehead atoms. The molecule has 0 unspecified atom stereocenters. The van der Waals surface area contributed by atoms with Gasteiger partial charge in [0.25, 0.3) is 0 Å². The average molecular weight is 261 g/mol. The maximum absolute atomic E-state index is 11.5. The molecule has 1 aliphatic rings. The van der Waals surface area contributed by atoms with Gasteiger partial charge in [-0.1, -0.05) is 0 Å². The Bertz CT molecular complexity index is 244. The summed E-state index contributed by atoms with van der Waals surface area (Å²) < 4.78 is 18.8. The van der Waals surface area contributed by atoms with Crippen LogP contribution in [-0.4, -0.2) is 52.2 Å². The normalized spacial score (nSPS) is 19.5. The van der Waals surface area contributed by atoms with Crippen LogP contribution >= 0.6 is 0 Å². The second-order valence-corrected chi connectivity index (χ2v) is 7.04. The van der Waals surface area contributed by atoms with Crippen LogP contribution in [0.4, 0.5) is 0 Å². The van der Waals surface area contributed by atoms with Crippen molar-refractivity contribution in [2.75, 3.05) is 32.9 Å². The Hall–Kier alpha value is -0.433. The van der Waals surface area contributed by atoms with E-state index in [1.807, 2.05) is 20.8 Å². The van der Waals surface area contributed by atoms with E-state index in [1.165, 1.54) is 0 Å². The highest BCUT2D eigenvalue weighted by Crippen LogP contribution is 2.28. The molecule has 1 aliphatic heterocycles. The van der Waals surface area contributed by atoms with Gasteiger partial charge in [0.15, 0.2) is 0 Å². The third kappa shape index (κ3) is 3.77. The fourth-order valence-corrected chi connectivity index (χ4v) is 5.63. The lowest BCUT2D eigenvalue weighted by atomic mass is 10.5. The minimum atomic E-state index is -2.32. The van der Waals surface area contributed by atoms with Crippen molar-refractivity contribution < 1.29 is 18.4 Å². The summed E-state index contributed by atoms with van der Waals surface area (Å²) in [6.45, 7) is 8.59. The summed E-state index contributed by atoms with van der Waals surface area (Å²) in [5, 5.41) is 0. The average Bonchev–Trinajstić information content (AvgIpc) is 2.63. The van der Waals surface area contributed by atoms with Crippen LogP contribution in [0.2, 0.25) is 6.04 Å². The Morgan fingerprint density at radius 1 is 1.18 bits per heavy atom. The highest BCUT2D eigenvalue weighted by molar-refractivity contribution is 6.65. The molecule has 100 valence electrons. The Balaban J connectivity index is 2.63. The van der Waals surface area contributed by atoms with Crippen molar-refractivity contribution in [2.45, 2.75) is 33.2 Å². The van der Waals surface area contributed by atoms with E-state index < -0.39 is 8.72 Å². The van der Waals surface area contributed by atoms with Crippen LogP contribution in [0.25, 0.3) is 0 Å². The van der Waals surface area contributed by atoms with E-state index in [0.717, 1.165) is 19.0 Å². The lowest BCUT2D eigenvalue weighted by Crippen LogP contribution is -2.56. The van der Waals surface area contributed by atoms with Gasteiger partial charge in [-0.15, -0.1) is 0 Å². The summed E-state index contributed by atoms with van der Waals surface area (Å²) in [7, 11) is -2.32. The van der Waals surface area contributed by atoms with Crippen molar-refractivity contribution in [2.24, 2.45) is 0 Å². The molecular weight excluding hydrogens is 238 g/mol. The maximum Gasteiger partial charge on any atom is 0.428 e. The van der Waals surface area contributed by atoms with Crippen molar-refractivity contribution in [3.05, 3.63) is 0 Å². The first-order valence-electron chi connectivity index (χ1n) is 6.37. The van der Waals surface area contributed by atoms with E-state index >= 15 is 0 Å². The first-order valence-corrected chi connectivity index (χ1v) is 8.34. The van der Waals surface area contributed by atoms with E-state index in [-0.39, 0.29) is 5.97 Å². The van der Waals surface area contributed by atoms with E-state index in [1.54, 1.807) is 0 Å². The molecule has 6 heteroatoms. The summed E-state index contributed by atoms with van der Waals surface area (Å²) in [6.07, 6.45) is 1.03. The molecule has 0 aliphatic carbocycles. The van der Waals surface area contributed by atoms with Gasteiger partial charge in [0.1, 0.15) is 0 Å². The molecule has 0 aromatic heterocycles. The predicted octanol–water partition coefficient (Wildman–Crippen LogP) is 1.27. The Labute approximate surface area is 104 Å². The number of ether oxygens (including phenoxy) is 1. The fraction of sp³-hybridized carbons (Fsp3) is 0.909. The van der Waals surface area contributed by atoms with Crippen molar-refractivity contribution in [3.63, 3.8) is 0 Å². The van der Waals surface area contributed by atoms with Crippen molar-refractivity contribution in [3.8, 4) is 0 Å². The molecule has 1 heterocycles. The Morgan fingerprint density at radius 3 is 2.35 bits per heavy atom. The quantitative estimate of drug-likeness (QED) is 0.510. The van der Waals surface area contributed by atoms with E-state index in [9.17, 15) is 4.79 Å². The zero-order valence-electron chi connectivity index (χ0n) is 11.0. The van der Waals surface area contributed by atoms with Crippen molar-refractivity contribution in [1.82, 2.24) is 4.57 Å². The van der Waals surface area contributed by atoms with Crippen molar-refractivity contribution >= 4 is 14.7 Å². The minimum Gasteiger partial charge on any atom is -0.465 e. The summed E-state index contributed by atoms with van der Waals surface area (Å²) in [5.41, 5.74) is 0. The van der Waals surface area contributed by atoms with Crippen LogP contribution in [-0.2, 0) is 18.4 Å². The number of hydrogen-bond donors (Lipinski definition) is 0. The van der Waals surface area contributed by atoms with Gasteiger partial charge in [-0.2, -0.15) is 0 Å². The zero-order valence-corrected chi connectivity index (χ0v) is 12.0. The maximum atomic E-state index is 11.5. The summed E-state index contributed by atoms with van der Waals surface area (Å²) in [5.74, 6) is -0.189. The molecule has 1 saturated heterocycles. The van der Waals surface area contributed by atoms with Gasteiger partial charge >= 0.3 is 14.7 Å². The summed E-state index contributed by atoms with van der Waals surface area (Å²) >= 11 is 0. The molecule has 0 spiro atoms. The molecule has 0 radical (unpaired) electrons.